The monoisotopic (exact) mass is 497 g/mol. The lowest BCUT2D eigenvalue weighted by atomic mass is 10.2. The molecule has 1 amide bonds. The van der Waals surface area contributed by atoms with Gasteiger partial charge in [0.2, 0.25) is 26.0 Å². The van der Waals surface area contributed by atoms with Crippen LogP contribution in [0.1, 0.15) is 32.6 Å². The van der Waals surface area contributed by atoms with Gasteiger partial charge in [0.15, 0.2) is 0 Å². The Morgan fingerprint density at radius 3 is 2.09 bits per heavy atom. The number of rotatable bonds is 8. The zero-order valence-corrected chi connectivity index (χ0v) is 20.2. The van der Waals surface area contributed by atoms with Gasteiger partial charge in [-0.1, -0.05) is 13.3 Å². The Morgan fingerprint density at radius 2 is 1.58 bits per heavy atom. The third-order valence-corrected chi connectivity index (χ3v) is 8.58. The number of carbonyl (C=O) groups excluding carboxylic acids is 1. The minimum Gasteiger partial charge on any atom is -0.324 e. The van der Waals surface area contributed by atoms with Crippen molar-refractivity contribution < 1.29 is 26.0 Å². The fraction of sp³-hybridized carbons (Fsp3) is 0.409. The number of halogens is 1. The van der Waals surface area contributed by atoms with E-state index in [1.54, 1.807) is 6.92 Å². The molecule has 2 aromatic carbocycles. The average molecular weight is 498 g/mol. The van der Waals surface area contributed by atoms with Crippen molar-refractivity contribution in [3.8, 4) is 0 Å². The summed E-state index contributed by atoms with van der Waals surface area (Å²) >= 11 is 0. The Labute approximate surface area is 194 Å². The Bertz CT molecular complexity index is 1180. The molecule has 1 N–H and O–H groups in total. The summed E-state index contributed by atoms with van der Waals surface area (Å²) < 4.78 is 66.2. The van der Waals surface area contributed by atoms with Gasteiger partial charge >= 0.3 is 0 Å². The fourth-order valence-electron chi connectivity index (χ4n) is 3.84. The molecular formula is C22H28FN3O5S2. The van der Waals surface area contributed by atoms with Crippen LogP contribution in [-0.2, 0) is 24.8 Å². The molecule has 180 valence electrons. The molecule has 1 aliphatic rings. The van der Waals surface area contributed by atoms with E-state index in [0.717, 1.165) is 42.0 Å². The molecule has 0 aromatic heterocycles. The van der Waals surface area contributed by atoms with Crippen molar-refractivity contribution >= 4 is 37.3 Å². The first kappa shape index (κ1) is 25.1. The maximum Gasteiger partial charge on any atom is 0.248 e. The lowest BCUT2D eigenvalue weighted by molar-refractivity contribution is -0.117. The highest BCUT2D eigenvalue weighted by atomic mass is 32.2. The van der Waals surface area contributed by atoms with E-state index >= 15 is 0 Å². The second kappa shape index (κ2) is 10.2. The van der Waals surface area contributed by atoms with Crippen LogP contribution >= 0.6 is 0 Å². The van der Waals surface area contributed by atoms with Crippen molar-refractivity contribution in [1.29, 1.82) is 0 Å². The number of nitrogens with zero attached hydrogens (tertiary/aromatic N) is 2. The normalized spacial score (nSPS) is 16.2. The summed E-state index contributed by atoms with van der Waals surface area (Å²) in [6.45, 7) is 2.65. The van der Waals surface area contributed by atoms with Gasteiger partial charge in [0.25, 0.3) is 0 Å². The van der Waals surface area contributed by atoms with E-state index in [4.69, 9.17) is 0 Å². The highest BCUT2D eigenvalue weighted by Gasteiger charge is 2.32. The van der Waals surface area contributed by atoms with Crippen molar-refractivity contribution in [2.75, 3.05) is 29.0 Å². The molecule has 0 bridgehead atoms. The molecule has 11 heteroatoms. The van der Waals surface area contributed by atoms with Crippen molar-refractivity contribution in [2.45, 2.75) is 43.5 Å². The molecular weight excluding hydrogens is 469 g/mol. The number of piperidine rings is 1. The number of hydrogen-bond donors (Lipinski definition) is 1. The van der Waals surface area contributed by atoms with E-state index in [2.05, 4.69) is 5.32 Å². The van der Waals surface area contributed by atoms with Crippen molar-refractivity contribution in [2.24, 2.45) is 0 Å². The van der Waals surface area contributed by atoms with Crippen molar-refractivity contribution in [3.63, 3.8) is 0 Å². The highest BCUT2D eigenvalue weighted by molar-refractivity contribution is 7.92. The van der Waals surface area contributed by atoms with Gasteiger partial charge in [-0.25, -0.2) is 21.2 Å². The Morgan fingerprint density at radius 1 is 1.00 bits per heavy atom. The molecule has 2 aromatic rings. The van der Waals surface area contributed by atoms with E-state index in [-0.39, 0.29) is 17.0 Å². The largest absolute Gasteiger partial charge is 0.324 e. The molecule has 0 unspecified atom stereocenters. The van der Waals surface area contributed by atoms with E-state index in [1.807, 2.05) is 0 Å². The maximum absolute atomic E-state index is 13.3. The fourth-order valence-corrected chi connectivity index (χ4v) is 6.57. The number of anilines is 2. The number of amides is 1. The second-order valence-electron chi connectivity index (χ2n) is 7.94. The minimum atomic E-state index is -3.85. The number of nitrogens with one attached hydrogen (secondary N) is 1. The van der Waals surface area contributed by atoms with E-state index in [1.165, 1.54) is 40.7 Å². The van der Waals surface area contributed by atoms with Gasteiger partial charge in [0, 0.05) is 18.8 Å². The summed E-state index contributed by atoms with van der Waals surface area (Å²) in [6.07, 6.45) is 3.82. The van der Waals surface area contributed by atoms with Gasteiger partial charge < -0.3 is 5.32 Å². The van der Waals surface area contributed by atoms with Crippen LogP contribution in [0.25, 0.3) is 0 Å². The van der Waals surface area contributed by atoms with Crippen molar-refractivity contribution in [3.05, 3.63) is 54.3 Å². The molecule has 0 aliphatic carbocycles. The zero-order valence-electron chi connectivity index (χ0n) is 18.6. The van der Waals surface area contributed by atoms with Crippen LogP contribution in [-0.4, -0.2) is 52.4 Å². The summed E-state index contributed by atoms with van der Waals surface area (Å²) in [7, 11) is -7.45. The highest BCUT2D eigenvalue weighted by Crippen LogP contribution is 2.25. The van der Waals surface area contributed by atoms with Crippen LogP contribution in [0.15, 0.2) is 53.4 Å². The molecule has 1 heterocycles. The van der Waals surface area contributed by atoms with Gasteiger partial charge in [-0.2, -0.15) is 4.31 Å². The molecule has 1 fully saturated rings. The molecule has 8 nitrogen and oxygen atoms in total. The Kier molecular flexibility index (Phi) is 7.76. The molecule has 1 atom stereocenters. The minimum absolute atomic E-state index is 0.138. The molecule has 1 aliphatic heterocycles. The number of carbonyl (C=O) groups is 1. The summed E-state index contributed by atoms with van der Waals surface area (Å²) in [4.78, 5) is 13.1. The lowest BCUT2D eigenvalue weighted by Gasteiger charge is -2.30. The van der Waals surface area contributed by atoms with Gasteiger partial charge in [-0.05, 0) is 67.8 Å². The average Bonchev–Trinajstić information content (AvgIpc) is 2.78. The van der Waals surface area contributed by atoms with Gasteiger partial charge in [0.05, 0.1) is 16.8 Å². The SMILES string of the molecule is CC[C@@H](C(=O)Nc1ccc(S(=O)(=O)N2CCCCC2)cc1)N(c1ccc(F)cc1)S(C)(=O)=O. The second-order valence-corrected chi connectivity index (χ2v) is 11.7. The van der Waals surface area contributed by atoms with Gasteiger partial charge in [0.1, 0.15) is 11.9 Å². The van der Waals surface area contributed by atoms with Crippen LogP contribution in [0, 0.1) is 5.82 Å². The van der Waals surface area contributed by atoms with E-state index < -0.39 is 37.8 Å². The standard InChI is InChI=1S/C22H28FN3O5S2/c1-3-21(26(32(2,28)29)19-11-7-17(23)8-12-19)22(27)24-18-9-13-20(14-10-18)33(30,31)25-15-5-4-6-16-25/h7-14,21H,3-6,15-16H2,1-2H3,(H,24,27)/t21-/m0/s1. The Hall–Kier alpha value is -2.50. The van der Waals surface area contributed by atoms with Gasteiger partial charge in [-0.15, -0.1) is 0 Å². The van der Waals surface area contributed by atoms with Crippen LogP contribution in [0.5, 0.6) is 0 Å². The van der Waals surface area contributed by atoms with Crippen LogP contribution in [0.4, 0.5) is 15.8 Å². The summed E-state index contributed by atoms with van der Waals surface area (Å²) in [5.41, 5.74) is 0.507. The van der Waals surface area contributed by atoms with E-state index in [0.29, 0.717) is 18.8 Å². The number of hydrogen-bond acceptors (Lipinski definition) is 5. The first-order valence-electron chi connectivity index (χ1n) is 10.7. The third kappa shape index (κ3) is 5.90. The maximum atomic E-state index is 13.3. The first-order chi connectivity index (χ1) is 15.5. The molecule has 0 spiro atoms. The Balaban J connectivity index is 1.80. The van der Waals surface area contributed by atoms with Crippen LogP contribution < -0.4 is 9.62 Å². The topological polar surface area (TPSA) is 104 Å². The van der Waals surface area contributed by atoms with Gasteiger partial charge in [-0.3, -0.25) is 9.10 Å². The summed E-state index contributed by atoms with van der Waals surface area (Å²) in [5, 5.41) is 2.66. The smallest absolute Gasteiger partial charge is 0.248 e. The molecule has 33 heavy (non-hydrogen) atoms. The molecule has 0 saturated carbocycles. The first-order valence-corrected chi connectivity index (χ1v) is 14.0. The quantitative estimate of drug-likeness (QED) is 0.603. The zero-order chi connectivity index (χ0) is 24.2. The van der Waals surface area contributed by atoms with Crippen molar-refractivity contribution in [1.82, 2.24) is 4.31 Å². The lowest BCUT2D eigenvalue weighted by Crippen LogP contribution is -2.47. The number of sulfonamides is 2. The summed E-state index contributed by atoms with van der Waals surface area (Å²) in [5.74, 6) is -1.11. The molecule has 1 saturated heterocycles. The predicted molar refractivity (Wildman–Crippen MR) is 125 cm³/mol. The molecule has 3 rings (SSSR count). The van der Waals surface area contributed by atoms with Crippen LogP contribution in [0.3, 0.4) is 0 Å². The number of benzene rings is 2. The predicted octanol–water partition coefficient (Wildman–Crippen LogP) is 3.18. The molecule has 0 radical (unpaired) electrons. The van der Waals surface area contributed by atoms with E-state index in [9.17, 15) is 26.0 Å². The van der Waals surface area contributed by atoms with Crippen LogP contribution in [0.2, 0.25) is 0 Å². The summed E-state index contributed by atoms with van der Waals surface area (Å²) in [6, 6.07) is 9.57. The third-order valence-electron chi connectivity index (χ3n) is 5.49.